The summed E-state index contributed by atoms with van der Waals surface area (Å²) in [7, 11) is 1.47. The van der Waals surface area contributed by atoms with Gasteiger partial charge in [-0.1, -0.05) is 23.7 Å². The van der Waals surface area contributed by atoms with E-state index < -0.39 is 11.8 Å². The first-order chi connectivity index (χ1) is 14.4. The summed E-state index contributed by atoms with van der Waals surface area (Å²) in [6, 6.07) is 10.9. The zero-order chi connectivity index (χ0) is 21.7. The Morgan fingerprint density at radius 1 is 1.07 bits per heavy atom. The van der Waals surface area contributed by atoms with Crippen LogP contribution in [-0.4, -0.2) is 37.3 Å². The van der Waals surface area contributed by atoms with Crippen molar-refractivity contribution in [3.05, 3.63) is 58.1 Å². The Bertz CT molecular complexity index is 1020. The highest BCUT2D eigenvalue weighted by Crippen LogP contribution is 2.37. The lowest BCUT2D eigenvalue weighted by molar-refractivity contribution is -0.123. The summed E-state index contributed by atoms with van der Waals surface area (Å²) in [4.78, 5) is 24.0. The SMILES string of the molecule is COc1cc(C=C2C(=O)NC(=S)NC2=O)cc(Cl)c1OCCOc1cccc(C)c1. The lowest BCUT2D eigenvalue weighted by Gasteiger charge is -2.17. The summed E-state index contributed by atoms with van der Waals surface area (Å²) < 4.78 is 16.8. The van der Waals surface area contributed by atoms with Gasteiger partial charge in [-0.3, -0.25) is 20.2 Å². The van der Waals surface area contributed by atoms with Crippen LogP contribution in [0.5, 0.6) is 17.2 Å². The van der Waals surface area contributed by atoms with E-state index >= 15 is 0 Å². The van der Waals surface area contributed by atoms with E-state index in [0.29, 0.717) is 23.7 Å². The summed E-state index contributed by atoms with van der Waals surface area (Å²) in [5.41, 5.74) is 1.50. The standard InChI is InChI=1S/C21H19ClN2O5S/c1-12-4-3-5-14(8-12)28-6-7-29-18-16(22)10-13(11-17(18)27-2)9-15-19(25)23-21(30)24-20(15)26/h3-5,8-11H,6-7H2,1-2H3,(H2,23,24,25,26,30). The highest BCUT2D eigenvalue weighted by molar-refractivity contribution is 7.80. The van der Waals surface area contributed by atoms with Crippen molar-refractivity contribution in [1.82, 2.24) is 10.6 Å². The van der Waals surface area contributed by atoms with Crippen LogP contribution in [0.15, 0.2) is 42.0 Å². The van der Waals surface area contributed by atoms with Crippen LogP contribution in [0.2, 0.25) is 5.02 Å². The number of rotatable bonds is 7. The first-order valence-corrected chi connectivity index (χ1v) is 9.74. The minimum absolute atomic E-state index is 0.0330. The quantitative estimate of drug-likeness (QED) is 0.294. The monoisotopic (exact) mass is 446 g/mol. The van der Waals surface area contributed by atoms with Crippen molar-refractivity contribution in [1.29, 1.82) is 0 Å². The second-order valence-electron chi connectivity index (χ2n) is 6.34. The second kappa shape index (κ2) is 9.60. The minimum Gasteiger partial charge on any atom is -0.493 e. The molecule has 3 rings (SSSR count). The zero-order valence-electron chi connectivity index (χ0n) is 16.3. The highest BCUT2D eigenvalue weighted by Gasteiger charge is 2.26. The van der Waals surface area contributed by atoms with Crippen LogP contribution in [0, 0.1) is 6.92 Å². The maximum absolute atomic E-state index is 12.0. The molecule has 0 atom stereocenters. The number of benzene rings is 2. The van der Waals surface area contributed by atoms with Gasteiger partial charge in [-0.05, 0) is 60.6 Å². The number of nitrogens with one attached hydrogen (secondary N) is 2. The Morgan fingerprint density at radius 2 is 1.77 bits per heavy atom. The van der Waals surface area contributed by atoms with E-state index in [1.165, 1.54) is 13.2 Å². The molecule has 2 amide bonds. The van der Waals surface area contributed by atoms with Crippen LogP contribution in [-0.2, 0) is 9.59 Å². The van der Waals surface area contributed by atoms with Gasteiger partial charge in [0.15, 0.2) is 16.6 Å². The fraction of sp³-hybridized carbons (Fsp3) is 0.190. The summed E-state index contributed by atoms with van der Waals surface area (Å²) in [5, 5.41) is 4.99. The molecule has 2 N–H and O–H groups in total. The van der Waals surface area contributed by atoms with Crippen LogP contribution in [0.3, 0.4) is 0 Å². The van der Waals surface area contributed by atoms with Crippen LogP contribution in [0.4, 0.5) is 0 Å². The van der Waals surface area contributed by atoms with Gasteiger partial charge in [0.05, 0.1) is 12.1 Å². The molecule has 1 saturated heterocycles. The van der Waals surface area contributed by atoms with Crippen LogP contribution in [0.25, 0.3) is 6.08 Å². The molecule has 0 spiro atoms. The third-order valence-electron chi connectivity index (χ3n) is 4.09. The molecule has 1 fully saturated rings. The van der Waals surface area contributed by atoms with Gasteiger partial charge in [0, 0.05) is 0 Å². The number of methoxy groups -OCH3 is 1. The topological polar surface area (TPSA) is 85.9 Å². The second-order valence-corrected chi connectivity index (χ2v) is 7.16. The highest BCUT2D eigenvalue weighted by atomic mass is 35.5. The number of amides is 2. The smallest absolute Gasteiger partial charge is 0.263 e. The molecule has 30 heavy (non-hydrogen) atoms. The first kappa shape index (κ1) is 21.6. The van der Waals surface area contributed by atoms with E-state index in [-0.39, 0.29) is 22.3 Å². The summed E-state index contributed by atoms with van der Waals surface area (Å²) >= 11 is 11.1. The average molecular weight is 447 g/mol. The molecule has 2 aromatic rings. The molecule has 1 aliphatic rings. The third-order valence-corrected chi connectivity index (χ3v) is 4.58. The molecule has 2 aromatic carbocycles. The van der Waals surface area contributed by atoms with E-state index in [1.54, 1.807) is 12.1 Å². The van der Waals surface area contributed by atoms with Crippen molar-refractivity contribution in [2.24, 2.45) is 0 Å². The minimum atomic E-state index is -0.590. The van der Waals surface area contributed by atoms with Crippen molar-refractivity contribution in [3.8, 4) is 17.2 Å². The number of thiocarbonyl (C=S) groups is 1. The van der Waals surface area contributed by atoms with Gasteiger partial charge in [0.25, 0.3) is 11.8 Å². The molecule has 0 unspecified atom stereocenters. The molecule has 0 bridgehead atoms. The fourth-order valence-corrected chi connectivity index (χ4v) is 3.20. The Labute approximate surface area is 184 Å². The van der Waals surface area contributed by atoms with Gasteiger partial charge in [0.1, 0.15) is 24.5 Å². The Kier molecular flexibility index (Phi) is 6.91. The third kappa shape index (κ3) is 5.28. The molecular weight excluding hydrogens is 428 g/mol. The normalized spacial score (nSPS) is 13.4. The molecule has 0 aromatic heterocycles. The molecule has 9 heteroatoms. The van der Waals surface area contributed by atoms with Gasteiger partial charge in [0.2, 0.25) is 0 Å². The van der Waals surface area contributed by atoms with E-state index in [9.17, 15) is 9.59 Å². The predicted molar refractivity (Wildman–Crippen MR) is 117 cm³/mol. The first-order valence-electron chi connectivity index (χ1n) is 8.95. The predicted octanol–water partition coefficient (Wildman–Crippen LogP) is 3.03. The van der Waals surface area contributed by atoms with Gasteiger partial charge >= 0.3 is 0 Å². The van der Waals surface area contributed by atoms with Gasteiger partial charge in [-0.25, -0.2) is 0 Å². The molecule has 156 valence electrons. The lowest BCUT2D eigenvalue weighted by Crippen LogP contribution is -2.51. The summed E-state index contributed by atoms with van der Waals surface area (Å²) in [6.45, 7) is 2.54. The molecule has 0 radical (unpaired) electrons. The number of halogens is 1. The van der Waals surface area contributed by atoms with Crippen LogP contribution < -0.4 is 24.8 Å². The van der Waals surface area contributed by atoms with Crippen molar-refractivity contribution >= 4 is 46.8 Å². The van der Waals surface area contributed by atoms with E-state index in [1.807, 2.05) is 31.2 Å². The van der Waals surface area contributed by atoms with Gasteiger partial charge in [-0.2, -0.15) is 0 Å². The number of carbonyl (C=O) groups is 2. The Morgan fingerprint density at radius 3 is 2.43 bits per heavy atom. The zero-order valence-corrected chi connectivity index (χ0v) is 17.9. The summed E-state index contributed by atoms with van der Waals surface area (Å²) in [5.74, 6) is 0.270. The Hall–Kier alpha value is -3.10. The average Bonchev–Trinajstić information content (AvgIpc) is 2.69. The van der Waals surface area contributed by atoms with Crippen molar-refractivity contribution in [3.63, 3.8) is 0 Å². The molecular formula is C21H19ClN2O5S. The number of ether oxygens (including phenoxy) is 3. The molecule has 1 aliphatic heterocycles. The van der Waals surface area contributed by atoms with E-state index in [0.717, 1.165) is 11.3 Å². The van der Waals surface area contributed by atoms with Crippen LogP contribution >= 0.6 is 23.8 Å². The van der Waals surface area contributed by atoms with Crippen molar-refractivity contribution < 1.29 is 23.8 Å². The maximum atomic E-state index is 12.0. The lowest BCUT2D eigenvalue weighted by atomic mass is 10.1. The van der Waals surface area contributed by atoms with Crippen molar-refractivity contribution in [2.75, 3.05) is 20.3 Å². The van der Waals surface area contributed by atoms with Gasteiger partial charge < -0.3 is 14.2 Å². The Balaban J connectivity index is 1.71. The maximum Gasteiger partial charge on any atom is 0.263 e. The van der Waals surface area contributed by atoms with E-state index in [4.69, 9.17) is 38.0 Å². The molecule has 1 heterocycles. The van der Waals surface area contributed by atoms with Crippen LogP contribution in [0.1, 0.15) is 11.1 Å². The number of aryl methyl sites for hydroxylation is 1. The van der Waals surface area contributed by atoms with Gasteiger partial charge in [-0.15, -0.1) is 0 Å². The van der Waals surface area contributed by atoms with E-state index in [2.05, 4.69) is 10.6 Å². The number of hydrogen-bond donors (Lipinski definition) is 2. The fourth-order valence-electron chi connectivity index (χ4n) is 2.74. The van der Waals surface area contributed by atoms with Crippen molar-refractivity contribution in [2.45, 2.75) is 6.92 Å². The number of carbonyl (C=O) groups excluding carboxylic acids is 2. The largest absolute Gasteiger partial charge is 0.493 e. The molecule has 0 saturated carbocycles. The molecule has 7 nitrogen and oxygen atoms in total. The summed E-state index contributed by atoms with van der Waals surface area (Å²) in [6.07, 6.45) is 1.39. The number of hydrogen-bond acceptors (Lipinski definition) is 6. The molecule has 0 aliphatic carbocycles.